The second-order valence-electron chi connectivity index (χ2n) is 4.94. The molecule has 0 aliphatic rings. The quantitative estimate of drug-likeness (QED) is 0.814. The third kappa shape index (κ3) is 3.69. The number of hydrogen-bond donors (Lipinski definition) is 2. The maximum absolute atomic E-state index is 12.2. The van der Waals surface area contributed by atoms with Gasteiger partial charge in [0.05, 0.1) is 0 Å². The summed E-state index contributed by atoms with van der Waals surface area (Å²) in [5.41, 5.74) is -0.286. The minimum absolute atomic E-state index is 0.235. The second-order valence-corrected chi connectivity index (χ2v) is 4.94. The molecule has 0 radical (unpaired) electrons. The van der Waals surface area contributed by atoms with Crippen LogP contribution in [0.5, 0.6) is 0 Å². The van der Waals surface area contributed by atoms with Gasteiger partial charge in [-0.05, 0) is 18.4 Å². The Kier molecular flexibility index (Phi) is 5.49. The first-order valence-electron chi connectivity index (χ1n) is 6.58. The SMILES string of the molecule is CCC(C(=O)NC(C(=O)O)C(C)C)n1ccccc1=O. The van der Waals surface area contributed by atoms with E-state index in [1.54, 1.807) is 32.9 Å². The van der Waals surface area contributed by atoms with Crippen LogP contribution in [0.4, 0.5) is 0 Å². The van der Waals surface area contributed by atoms with Gasteiger partial charge in [0.1, 0.15) is 12.1 Å². The molecule has 6 nitrogen and oxygen atoms in total. The first kappa shape index (κ1) is 15.9. The van der Waals surface area contributed by atoms with Gasteiger partial charge in [0.25, 0.3) is 5.56 Å². The van der Waals surface area contributed by atoms with Crippen LogP contribution in [0.15, 0.2) is 29.2 Å². The third-order valence-corrected chi connectivity index (χ3v) is 3.11. The fourth-order valence-electron chi connectivity index (χ4n) is 1.97. The molecule has 1 amide bonds. The molecular weight excluding hydrogens is 260 g/mol. The molecule has 0 saturated heterocycles. The number of carboxylic acid groups (broad SMARTS) is 1. The number of aliphatic carboxylic acids is 1. The fourth-order valence-corrected chi connectivity index (χ4v) is 1.97. The van der Waals surface area contributed by atoms with E-state index in [1.165, 1.54) is 16.8 Å². The maximum Gasteiger partial charge on any atom is 0.326 e. The average molecular weight is 280 g/mol. The molecular formula is C14H20N2O4. The Morgan fingerprint density at radius 2 is 2.00 bits per heavy atom. The molecule has 0 spiro atoms. The zero-order valence-electron chi connectivity index (χ0n) is 11.9. The highest BCUT2D eigenvalue weighted by molar-refractivity contribution is 5.86. The topological polar surface area (TPSA) is 88.4 Å². The molecule has 2 atom stereocenters. The van der Waals surface area contributed by atoms with Crippen molar-refractivity contribution in [2.24, 2.45) is 5.92 Å². The van der Waals surface area contributed by atoms with Crippen molar-refractivity contribution < 1.29 is 14.7 Å². The normalized spacial score (nSPS) is 13.8. The highest BCUT2D eigenvalue weighted by atomic mass is 16.4. The molecule has 0 fully saturated rings. The van der Waals surface area contributed by atoms with E-state index in [-0.39, 0.29) is 11.5 Å². The van der Waals surface area contributed by atoms with Crippen molar-refractivity contribution in [2.45, 2.75) is 39.3 Å². The van der Waals surface area contributed by atoms with Gasteiger partial charge in [0, 0.05) is 12.3 Å². The molecule has 1 rings (SSSR count). The van der Waals surface area contributed by atoms with Crippen LogP contribution in [0.25, 0.3) is 0 Å². The Hall–Kier alpha value is -2.11. The number of carboxylic acids is 1. The Morgan fingerprint density at radius 3 is 2.45 bits per heavy atom. The average Bonchev–Trinajstić information content (AvgIpc) is 2.38. The second kappa shape index (κ2) is 6.88. The Bertz CT molecular complexity index is 536. The summed E-state index contributed by atoms with van der Waals surface area (Å²) in [6.45, 7) is 5.21. The van der Waals surface area contributed by atoms with Crippen molar-refractivity contribution in [3.05, 3.63) is 34.7 Å². The summed E-state index contributed by atoms with van der Waals surface area (Å²) in [6.07, 6.45) is 1.93. The predicted molar refractivity (Wildman–Crippen MR) is 74.4 cm³/mol. The smallest absolute Gasteiger partial charge is 0.326 e. The first-order chi connectivity index (χ1) is 9.38. The molecule has 1 aromatic heterocycles. The van der Waals surface area contributed by atoms with Crippen molar-refractivity contribution in [1.82, 2.24) is 9.88 Å². The number of nitrogens with one attached hydrogen (secondary N) is 1. The molecule has 110 valence electrons. The zero-order chi connectivity index (χ0) is 15.3. The van der Waals surface area contributed by atoms with Gasteiger partial charge in [-0.25, -0.2) is 4.79 Å². The minimum atomic E-state index is -1.08. The summed E-state index contributed by atoms with van der Waals surface area (Å²) >= 11 is 0. The molecule has 0 aliphatic carbocycles. The van der Waals surface area contributed by atoms with E-state index in [9.17, 15) is 14.4 Å². The number of carbonyl (C=O) groups is 2. The van der Waals surface area contributed by atoms with E-state index in [2.05, 4.69) is 5.32 Å². The van der Waals surface area contributed by atoms with Crippen LogP contribution in [0.1, 0.15) is 33.2 Å². The van der Waals surface area contributed by atoms with E-state index in [4.69, 9.17) is 5.11 Å². The van der Waals surface area contributed by atoms with Crippen LogP contribution < -0.4 is 10.9 Å². The van der Waals surface area contributed by atoms with Crippen LogP contribution in [0.2, 0.25) is 0 Å². The van der Waals surface area contributed by atoms with Crippen molar-refractivity contribution in [3.8, 4) is 0 Å². The lowest BCUT2D eigenvalue weighted by Crippen LogP contribution is -2.47. The number of nitrogens with zero attached hydrogens (tertiary/aromatic N) is 1. The standard InChI is InChI=1S/C14H20N2O4/c1-4-10(16-8-6-5-7-11(16)17)13(18)15-12(9(2)3)14(19)20/h5-10,12H,4H2,1-3H3,(H,15,18)(H,19,20). The summed E-state index contributed by atoms with van der Waals surface area (Å²) in [5.74, 6) is -1.77. The van der Waals surface area contributed by atoms with Gasteiger partial charge in [-0.1, -0.05) is 26.8 Å². The first-order valence-corrected chi connectivity index (χ1v) is 6.58. The van der Waals surface area contributed by atoms with E-state index in [0.717, 1.165) is 0 Å². The monoisotopic (exact) mass is 280 g/mol. The van der Waals surface area contributed by atoms with Crippen molar-refractivity contribution in [3.63, 3.8) is 0 Å². The molecule has 0 aliphatic heterocycles. The van der Waals surface area contributed by atoms with Crippen molar-refractivity contribution in [2.75, 3.05) is 0 Å². The lowest BCUT2D eigenvalue weighted by molar-refractivity contribution is -0.143. The number of rotatable bonds is 6. The third-order valence-electron chi connectivity index (χ3n) is 3.11. The number of amides is 1. The summed E-state index contributed by atoms with van der Waals surface area (Å²) in [7, 11) is 0. The van der Waals surface area contributed by atoms with Crippen molar-refractivity contribution in [1.29, 1.82) is 0 Å². The lowest BCUT2D eigenvalue weighted by atomic mass is 10.0. The molecule has 0 aromatic carbocycles. The Morgan fingerprint density at radius 1 is 1.35 bits per heavy atom. The summed E-state index contributed by atoms with van der Waals surface area (Å²) in [4.78, 5) is 35.1. The van der Waals surface area contributed by atoms with Gasteiger partial charge in [0.15, 0.2) is 0 Å². The van der Waals surface area contributed by atoms with Gasteiger partial charge < -0.3 is 15.0 Å². The van der Waals surface area contributed by atoms with Crippen molar-refractivity contribution >= 4 is 11.9 Å². The fraction of sp³-hybridized carbons (Fsp3) is 0.500. The molecule has 2 N–H and O–H groups in total. The molecule has 2 unspecified atom stereocenters. The summed E-state index contributed by atoms with van der Waals surface area (Å²) in [5, 5.41) is 11.6. The molecule has 6 heteroatoms. The largest absolute Gasteiger partial charge is 0.480 e. The maximum atomic E-state index is 12.2. The van der Waals surface area contributed by atoms with Crippen LogP contribution in [-0.4, -0.2) is 27.6 Å². The van der Waals surface area contributed by atoms with Gasteiger partial charge in [-0.15, -0.1) is 0 Å². The minimum Gasteiger partial charge on any atom is -0.480 e. The number of hydrogen-bond acceptors (Lipinski definition) is 3. The Labute approximate surface area is 117 Å². The highest BCUT2D eigenvalue weighted by Crippen LogP contribution is 2.11. The van der Waals surface area contributed by atoms with E-state index >= 15 is 0 Å². The van der Waals surface area contributed by atoms with Crippen LogP contribution in [0.3, 0.4) is 0 Å². The summed E-state index contributed by atoms with van der Waals surface area (Å²) in [6, 6.07) is 2.96. The van der Waals surface area contributed by atoms with Gasteiger partial charge >= 0.3 is 5.97 Å². The van der Waals surface area contributed by atoms with E-state index in [1.807, 2.05) is 0 Å². The predicted octanol–water partition coefficient (Wildman–Crippen LogP) is 1.02. The van der Waals surface area contributed by atoms with Crippen LogP contribution in [0, 0.1) is 5.92 Å². The molecule has 0 saturated carbocycles. The number of aromatic nitrogens is 1. The molecule has 1 aromatic rings. The molecule has 1 heterocycles. The Balaban J connectivity index is 2.96. The van der Waals surface area contributed by atoms with Crippen LogP contribution in [-0.2, 0) is 9.59 Å². The van der Waals surface area contributed by atoms with Crippen LogP contribution >= 0.6 is 0 Å². The van der Waals surface area contributed by atoms with Gasteiger partial charge in [-0.2, -0.15) is 0 Å². The van der Waals surface area contributed by atoms with Gasteiger partial charge in [0.2, 0.25) is 5.91 Å². The molecule has 20 heavy (non-hydrogen) atoms. The van der Waals surface area contributed by atoms with Gasteiger partial charge in [-0.3, -0.25) is 9.59 Å². The number of pyridine rings is 1. The lowest BCUT2D eigenvalue weighted by Gasteiger charge is -2.23. The number of carbonyl (C=O) groups excluding carboxylic acids is 1. The van der Waals surface area contributed by atoms with E-state index < -0.39 is 24.0 Å². The van der Waals surface area contributed by atoms with E-state index in [0.29, 0.717) is 6.42 Å². The zero-order valence-corrected chi connectivity index (χ0v) is 11.9. The molecule has 0 bridgehead atoms. The highest BCUT2D eigenvalue weighted by Gasteiger charge is 2.27. The summed E-state index contributed by atoms with van der Waals surface area (Å²) < 4.78 is 1.31.